The molecule has 41 heavy (non-hydrogen) atoms. The summed E-state index contributed by atoms with van der Waals surface area (Å²) in [6.45, 7) is 0.992. The van der Waals surface area contributed by atoms with E-state index < -0.39 is 36.0 Å². The van der Waals surface area contributed by atoms with Gasteiger partial charge in [0.05, 0.1) is 21.6 Å². The summed E-state index contributed by atoms with van der Waals surface area (Å²) in [5.74, 6) is -14.7. The molecule has 0 fully saturated rings. The van der Waals surface area contributed by atoms with Crippen LogP contribution in [0.5, 0.6) is 0 Å². The van der Waals surface area contributed by atoms with Gasteiger partial charge in [-0.15, -0.1) is 10.2 Å². The van der Waals surface area contributed by atoms with E-state index >= 15 is 0 Å². The lowest BCUT2D eigenvalue weighted by Gasteiger charge is -2.25. The highest BCUT2D eigenvalue weighted by Gasteiger charge is 2.75. The molecule has 4 aromatic heterocycles. The van der Waals surface area contributed by atoms with Crippen molar-refractivity contribution in [2.24, 2.45) is 0 Å². The van der Waals surface area contributed by atoms with E-state index in [1.807, 2.05) is 0 Å². The molecule has 5 rings (SSSR count). The maximum absolute atomic E-state index is 14.0. The van der Waals surface area contributed by atoms with E-state index in [4.69, 9.17) is 27.6 Å². The zero-order valence-electron chi connectivity index (χ0n) is 20.0. The second-order valence-electron chi connectivity index (χ2n) is 8.46. The first-order valence-electron chi connectivity index (χ1n) is 11.0. The van der Waals surface area contributed by atoms with E-state index in [1.165, 1.54) is 30.5 Å². The van der Waals surface area contributed by atoms with Gasteiger partial charge < -0.3 is 4.42 Å². The van der Waals surface area contributed by atoms with Gasteiger partial charge in [0.25, 0.3) is 5.82 Å². The lowest BCUT2D eigenvalue weighted by Crippen LogP contribution is -2.50. The number of aromatic nitrogens is 8. The molecule has 0 bridgehead atoms. The molecule has 0 N–H and O–H groups in total. The van der Waals surface area contributed by atoms with Crippen molar-refractivity contribution in [2.75, 3.05) is 0 Å². The van der Waals surface area contributed by atoms with Crippen LogP contribution in [-0.2, 0) is 12.5 Å². The third kappa shape index (κ3) is 4.88. The summed E-state index contributed by atoms with van der Waals surface area (Å²) in [4.78, 5) is 21.6. The Kier molecular flexibility index (Phi) is 6.76. The van der Waals surface area contributed by atoms with Gasteiger partial charge in [-0.2, -0.15) is 40.6 Å². The highest BCUT2D eigenvalue weighted by atomic mass is 35.5. The van der Waals surface area contributed by atoms with Gasteiger partial charge in [-0.05, 0) is 48.0 Å². The van der Waals surface area contributed by atoms with E-state index in [-0.39, 0.29) is 44.0 Å². The van der Waals surface area contributed by atoms with Crippen molar-refractivity contribution in [3.05, 3.63) is 74.1 Å². The Bertz CT molecular complexity index is 1850. The fourth-order valence-corrected chi connectivity index (χ4v) is 4.14. The number of tetrazole rings is 1. The van der Waals surface area contributed by atoms with Crippen LogP contribution in [0, 0.1) is 6.92 Å². The third-order valence-electron chi connectivity index (χ3n) is 5.59. The number of halogens is 9. The Labute approximate surface area is 232 Å². The normalized spacial score (nSPS) is 12.8. The number of hydrogen-bond acceptors (Lipinski definition) is 8. The van der Waals surface area contributed by atoms with Crippen LogP contribution in [0.3, 0.4) is 0 Å². The molecule has 0 amide bonds. The van der Waals surface area contributed by atoms with Gasteiger partial charge in [0.2, 0.25) is 5.89 Å². The molecular formula is C22H11Cl2F7N8O2. The Morgan fingerprint density at radius 2 is 1.76 bits per heavy atom. The zero-order valence-corrected chi connectivity index (χ0v) is 21.5. The van der Waals surface area contributed by atoms with Gasteiger partial charge >= 0.3 is 23.6 Å². The van der Waals surface area contributed by atoms with Crippen LogP contribution in [0.4, 0.5) is 30.7 Å². The van der Waals surface area contributed by atoms with Gasteiger partial charge in [0, 0.05) is 11.2 Å². The molecule has 0 aliphatic rings. The van der Waals surface area contributed by atoms with E-state index in [1.54, 1.807) is 13.0 Å². The molecule has 0 aliphatic heterocycles. The summed E-state index contributed by atoms with van der Waals surface area (Å²) in [7, 11) is 0. The minimum atomic E-state index is -6.59. The highest BCUT2D eigenvalue weighted by molar-refractivity contribution is 6.32. The minimum Gasteiger partial charge on any atom is -0.401 e. The average Bonchev–Trinajstić information content (AvgIpc) is 3.52. The molecule has 214 valence electrons. The lowest BCUT2D eigenvalue weighted by atomic mass is 10.1. The Morgan fingerprint density at radius 3 is 2.44 bits per heavy atom. The maximum atomic E-state index is 14.0. The van der Waals surface area contributed by atoms with Crippen molar-refractivity contribution in [1.82, 2.24) is 40.0 Å². The molecule has 0 radical (unpaired) electrons. The summed E-state index contributed by atoms with van der Waals surface area (Å²) < 4.78 is 99.0. The van der Waals surface area contributed by atoms with Gasteiger partial charge in [-0.25, -0.2) is 19.4 Å². The molecule has 1 aromatic carbocycles. The van der Waals surface area contributed by atoms with Gasteiger partial charge in [0.15, 0.2) is 5.82 Å². The van der Waals surface area contributed by atoms with Crippen LogP contribution in [0.25, 0.3) is 28.3 Å². The van der Waals surface area contributed by atoms with E-state index in [0.29, 0.717) is 10.4 Å². The predicted octanol–water partition coefficient (Wildman–Crippen LogP) is 5.38. The van der Waals surface area contributed by atoms with Crippen molar-refractivity contribution in [1.29, 1.82) is 0 Å². The number of pyridine rings is 1. The number of fused-ring (bicyclic) bond motifs is 1. The van der Waals surface area contributed by atoms with Gasteiger partial charge in [0.1, 0.15) is 12.2 Å². The Hall–Kier alpha value is -4.12. The second-order valence-corrected chi connectivity index (χ2v) is 9.30. The van der Waals surface area contributed by atoms with Crippen molar-refractivity contribution in [3.8, 4) is 17.4 Å². The molecule has 0 saturated heterocycles. The van der Waals surface area contributed by atoms with Crippen molar-refractivity contribution < 1.29 is 35.2 Å². The number of alkyl halides is 7. The Morgan fingerprint density at radius 1 is 1.02 bits per heavy atom. The van der Waals surface area contributed by atoms with Crippen LogP contribution >= 0.6 is 23.2 Å². The zero-order chi connectivity index (χ0) is 29.9. The fourth-order valence-electron chi connectivity index (χ4n) is 3.67. The molecule has 10 nitrogen and oxygen atoms in total. The summed E-state index contributed by atoms with van der Waals surface area (Å²) in [6, 6.07) is 7.12. The summed E-state index contributed by atoms with van der Waals surface area (Å²) in [6.07, 6.45) is -5.23. The molecule has 0 atom stereocenters. The molecule has 0 unspecified atom stereocenters. The predicted molar refractivity (Wildman–Crippen MR) is 127 cm³/mol. The van der Waals surface area contributed by atoms with Crippen molar-refractivity contribution in [2.45, 2.75) is 31.5 Å². The topological polar surface area (TPSA) is 117 Å². The summed E-state index contributed by atoms with van der Waals surface area (Å²) in [5.41, 5.74) is -0.165. The lowest BCUT2D eigenvalue weighted by molar-refractivity contribution is -0.361. The van der Waals surface area contributed by atoms with Gasteiger partial charge in [-0.1, -0.05) is 23.2 Å². The first-order valence-corrected chi connectivity index (χ1v) is 11.8. The van der Waals surface area contributed by atoms with E-state index in [2.05, 4.69) is 30.5 Å². The SMILES string of the molecule is Cc1cc(Cl)cc2c(=O)oc(-c3cc(Cn4nnc(C(F)(F)C(F)(F)C(F)(F)F)n4)nn3-c3ncccc3Cl)nc12. The number of benzene rings is 1. The number of rotatable bonds is 6. The first-order chi connectivity index (χ1) is 19.1. The molecule has 4 heterocycles. The van der Waals surface area contributed by atoms with Crippen LogP contribution in [0.1, 0.15) is 17.1 Å². The number of hydrogen-bond donors (Lipinski definition) is 0. The number of nitrogens with zero attached hydrogens (tertiary/aromatic N) is 8. The highest BCUT2D eigenvalue weighted by Crippen LogP contribution is 2.50. The second kappa shape index (κ2) is 9.76. The maximum Gasteiger partial charge on any atom is 0.460 e. The average molecular weight is 623 g/mol. The number of aryl methyl sites for hydroxylation is 1. The van der Waals surface area contributed by atoms with Crippen molar-refractivity contribution in [3.63, 3.8) is 0 Å². The summed E-state index contributed by atoms with van der Waals surface area (Å²) >= 11 is 12.3. The van der Waals surface area contributed by atoms with Crippen LogP contribution in [0.2, 0.25) is 10.0 Å². The molecular weight excluding hydrogens is 612 g/mol. The molecule has 0 saturated carbocycles. The van der Waals surface area contributed by atoms with E-state index in [9.17, 15) is 35.5 Å². The monoisotopic (exact) mass is 622 g/mol. The quantitative estimate of drug-likeness (QED) is 0.232. The smallest absolute Gasteiger partial charge is 0.401 e. The molecule has 0 spiro atoms. The van der Waals surface area contributed by atoms with Crippen molar-refractivity contribution >= 4 is 34.1 Å². The first kappa shape index (κ1) is 28.4. The summed E-state index contributed by atoms with van der Waals surface area (Å²) in [5, 5.41) is 13.5. The van der Waals surface area contributed by atoms with Crippen LogP contribution < -0.4 is 5.63 Å². The standard InChI is InChI=1S/C22H11Cl2F7N8O2/c1-9-5-10(23)6-12-15(9)33-17(41-18(12)40)14-7-11(35-39(14)16-13(24)3-2-4-32-16)8-38-36-19(34-37-38)20(25,26)21(27,28)22(29,30)31/h2-7H,8H2,1H3. The molecule has 19 heteroatoms. The van der Waals surface area contributed by atoms with Crippen LogP contribution in [0.15, 0.2) is 45.7 Å². The molecule has 0 aliphatic carbocycles. The third-order valence-corrected chi connectivity index (χ3v) is 6.11. The largest absolute Gasteiger partial charge is 0.460 e. The minimum absolute atomic E-state index is 0.0105. The molecule has 5 aromatic rings. The fraction of sp³-hybridized carbons (Fsp3) is 0.227. The Balaban J connectivity index is 1.60. The van der Waals surface area contributed by atoms with E-state index in [0.717, 1.165) is 4.68 Å². The van der Waals surface area contributed by atoms with Crippen LogP contribution in [-0.4, -0.2) is 52.1 Å². The van der Waals surface area contributed by atoms with Gasteiger partial charge in [-0.3, -0.25) is 0 Å².